The van der Waals surface area contributed by atoms with Gasteiger partial charge in [-0.1, -0.05) is 23.2 Å². The normalized spacial score (nSPS) is 10.3. The van der Waals surface area contributed by atoms with Crippen LogP contribution < -0.4 is 10.6 Å². The second kappa shape index (κ2) is 6.87. The molecule has 2 nitrogen and oxygen atoms in total. The van der Waals surface area contributed by atoms with Crippen molar-refractivity contribution in [3.05, 3.63) is 56.5 Å². The molecule has 0 saturated carbocycles. The molecule has 2 aromatic rings. The van der Waals surface area contributed by atoms with E-state index in [0.717, 1.165) is 12.1 Å². The first-order chi connectivity index (χ1) is 9.85. The van der Waals surface area contributed by atoms with Gasteiger partial charge in [0.15, 0.2) is 10.9 Å². The summed E-state index contributed by atoms with van der Waals surface area (Å²) in [4.78, 5) is 0. The molecule has 0 atom stereocenters. The topological polar surface area (TPSA) is 24.1 Å². The Labute approximate surface area is 143 Å². The van der Waals surface area contributed by atoms with E-state index in [1.807, 2.05) is 0 Å². The molecule has 2 aromatic carbocycles. The zero-order chi connectivity index (χ0) is 15.6. The van der Waals surface area contributed by atoms with Crippen LogP contribution in [-0.2, 0) is 0 Å². The fourth-order valence-electron chi connectivity index (χ4n) is 1.56. The van der Waals surface area contributed by atoms with Crippen LogP contribution in [0, 0.1) is 11.6 Å². The van der Waals surface area contributed by atoms with Crippen LogP contribution >= 0.6 is 51.3 Å². The molecule has 21 heavy (non-hydrogen) atoms. The highest BCUT2D eigenvalue weighted by molar-refractivity contribution is 9.10. The number of thiocarbonyl (C=S) groups is 1. The van der Waals surface area contributed by atoms with Gasteiger partial charge in [-0.15, -0.1) is 0 Å². The van der Waals surface area contributed by atoms with Gasteiger partial charge in [-0.25, -0.2) is 8.78 Å². The predicted molar refractivity (Wildman–Crippen MR) is 90.4 cm³/mol. The maximum Gasteiger partial charge on any atom is 0.175 e. The van der Waals surface area contributed by atoms with E-state index in [4.69, 9.17) is 35.4 Å². The van der Waals surface area contributed by atoms with Gasteiger partial charge < -0.3 is 10.6 Å². The van der Waals surface area contributed by atoms with Gasteiger partial charge in [0, 0.05) is 26.3 Å². The molecule has 0 radical (unpaired) electrons. The Morgan fingerprint density at radius 1 is 1.00 bits per heavy atom. The average molecular weight is 412 g/mol. The first kappa shape index (κ1) is 16.4. The van der Waals surface area contributed by atoms with Crippen LogP contribution in [0.25, 0.3) is 0 Å². The quantitative estimate of drug-likeness (QED) is 0.606. The molecule has 0 spiro atoms. The van der Waals surface area contributed by atoms with Crippen molar-refractivity contribution in [2.45, 2.75) is 0 Å². The number of rotatable bonds is 2. The lowest BCUT2D eigenvalue weighted by Crippen LogP contribution is -2.20. The van der Waals surface area contributed by atoms with Crippen molar-refractivity contribution in [1.82, 2.24) is 0 Å². The van der Waals surface area contributed by atoms with E-state index in [-0.39, 0.29) is 15.3 Å². The second-order valence-corrected chi connectivity index (χ2v) is 6.12. The van der Waals surface area contributed by atoms with Gasteiger partial charge in [0.05, 0.1) is 5.69 Å². The zero-order valence-corrected chi connectivity index (χ0v) is 14.1. The Balaban J connectivity index is 2.15. The smallest absolute Gasteiger partial charge is 0.175 e. The minimum Gasteiger partial charge on any atom is -0.332 e. The van der Waals surface area contributed by atoms with E-state index in [1.165, 1.54) is 0 Å². The summed E-state index contributed by atoms with van der Waals surface area (Å²) in [6.07, 6.45) is 0. The molecule has 0 aliphatic carbocycles. The van der Waals surface area contributed by atoms with Crippen molar-refractivity contribution in [3.8, 4) is 0 Å². The third-order valence-electron chi connectivity index (χ3n) is 2.37. The Hall–Kier alpha value is -0.950. The third-order valence-corrected chi connectivity index (χ3v) is 3.63. The summed E-state index contributed by atoms with van der Waals surface area (Å²) in [7, 11) is 0. The lowest BCUT2D eigenvalue weighted by Gasteiger charge is -2.13. The maximum atomic E-state index is 13.7. The van der Waals surface area contributed by atoms with E-state index in [1.54, 1.807) is 18.2 Å². The van der Waals surface area contributed by atoms with Crippen molar-refractivity contribution in [2.24, 2.45) is 0 Å². The van der Waals surface area contributed by atoms with Gasteiger partial charge in [0.1, 0.15) is 5.82 Å². The van der Waals surface area contributed by atoms with E-state index in [0.29, 0.717) is 15.7 Å². The molecule has 0 aromatic heterocycles. The molecule has 0 bridgehead atoms. The molecule has 0 aliphatic heterocycles. The molecule has 0 aliphatic rings. The highest BCUT2D eigenvalue weighted by atomic mass is 79.9. The van der Waals surface area contributed by atoms with Crippen molar-refractivity contribution in [2.75, 3.05) is 10.6 Å². The van der Waals surface area contributed by atoms with Crippen LogP contribution in [0.4, 0.5) is 20.2 Å². The van der Waals surface area contributed by atoms with Crippen molar-refractivity contribution in [3.63, 3.8) is 0 Å². The van der Waals surface area contributed by atoms with Crippen molar-refractivity contribution < 1.29 is 8.78 Å². The number of benzene rings is 2. The minimum absolute atomic E-state index is 0.0297. The molecule has 2 N–H and O–H groups in total. The summed E-state index contributed by atoms with van der Waals surface area (Å²) >= 11 is 19.9. The highest BCUT2D eigenvalue weighted by Crippen LogP contribution is 2.27. The lowest BCUT2D eigenvalue weighted by molar-refractivity contribution is 0.585. The first-order valence-corrected chi connectivity index (χ1v) is 7.49. The van der Waals surface area contributed by atoms with Crippen LogP contribution in [0.2, 0.25) is 10.0 Å². The minimum atomic E-state index is -0.768. The van der Waals surface area contributed by atoms with Crippen LogP contribution in [0.3, 0.4) is 0 Å². The first-order valence-electron chi connectivity index (χ1n) is 5.54. The van der Waals surface area contributed by atoms with Crippen LogP contribution in [0.15, 0.2) is 34.8 Å². The fraction of sp³-hybridized carbons (Fsp3) is 0. The van der Waals surface area contributed by atoms with E-state index >= 15 is 0 Å². The van der Waals surface area contributed by atoms with Gasteiger partial charge in [-0.3, -0.25) is 0 Å². The predicted octanol–water partition coefficient (Wildman–Crippen LogP) is 5.84. The van der Waals surface area contributed by atoms with Crippen molar-refractivity contribution >= 4 is 67.8 Å². The molecule has 8 heteroatoms. The van der Waals surface area contributed by atoms with Gasteiger partial charge in [-0.2, -0.15) is 0 Å². The summed E-state index contributed by atoms with van der Waals surface area (Å²) in [5.74, 6) is -1.46. The molecule has 0 fully saturated rings. The molecule has 110 valence electrons. The average Bonchev–Trinajstić information content (AvgIpc) is 2.32. The molecular formula is C13H7BrCl2F2N2S. The van der Waals surface area contributed by atoms with Gasteiger partial charge in [0.2, 0.25) is 0 Å². The standard InChI is InChI=1S/C13H7BrCl2F2N2S/c14-10-4-8(17)5-11(18)12(10)20-13(21)19-9-2-6(15)1-7(16)3-9/h1-5H,(H2,19,20,21). The summed E-state index contributed by atoms with van der Waals surface area (Å²) in [5.41, 5.74) is 0.575. The van der Waals surface area contributed by atoms with Gasteiger partial charge >= 0.3 is 0 Å². The highest BCUT2D eigenvalue weighted by Gasteiger charge is 2.11. The molecule has 0 heterocycles. The second-order valence-electron chi connectivity index (χ2n) is 3.98. The monoisotopic (exact) mass is 410 g/mol. The molecule has 0 unspecified atom stereocenters. The lowest BCUT2D eigenvalue weighted by atomic mass is 10.3. The van der Waals surface area contributed by atoms with Gasteiger partial charge in [-0.05, 0) is 52.4 Å². The van der Waals surface area contributed by atoms with Gasteiger partial charge in [0.25, 0.3) is 0 Å². The zero-order valence-electron chi connectivity index (χ0n) is 10.2. The largest absolute Gasteiger partial charge is 0.332 e. The van der Waals surface area contributed by atoms with Crippen molar-refractivity contribution in [1.29, 1.82) is 0 Å². The number of anilines is 2. The number of halogens is 5. The molecular weight excluding hydrogens is 405 g/mol. The number of hydrogen-bond acceptors (Lipinski definition) is 1. The van der Waals surface area contributed by atoms with E-state index < -0.39 is 11.6 Å². The number of nitrogens with one attached hydrogen (secondary N) is 2. The molecule has 0 amide bonds. The Kier molecular flexibility index (Phi) is 5.37. The Morgan fingerprint density at radius 2 is 1.62 bits per heavy atom. The fourth-order valence-corrected chi connectivity index (χ4v) is 2.82. The third kappa shape index (κ3) is 4.51. The van der Waals surface area contributed by atoms with E-state index in [2.05, 4.69) is 26.6 Å². The van der Waals surface area contributed by atoms with Crippen LogP contribution in [0.5, 0.6) is 0 Å². The summed E-state index contributed by atoms with van der Waals surface area (Å²) in [6, 6.07) is 6.67. The molecule has 2 rings (SSSR count). The maximum absolute atomic E-state index is 13.7. The van der Waals surface area contributed by atoms with Crippen LogP contribution in [0.1, 0.15) is 0 Å². The molecule has 0 saturated heterocycles. The number of hydrogen-bond donors (Lipinski definition) is 2. The Bertz CT molecular complexity index is 669. The van der Waals surface area contributed by atoms with Crippen LogP contribution in [-0.4, -0.2) is 5.11 Å². The summed E-state index contributed by atoms with van der Waals surface area (Å²) in [6.45, 7) is 0. The Morgan fingerprint density at radius 3 is 2.19 bits per heavy atom. The summed E-state index contributed by atoms with van der Waals surface area (Å²) in [5, 5.41) is 6.43. The summed E-state index contributed by atoms with van der Waals surface area (Å²) < 4.78 is 26.9. The SMILES string of the molecule is Fc1cc(F)c(NC(=S)Nc2cc(Cl)cc(Cl)c2)c(Br)c1. The van der Waals surface area contributed by atoms with E-state index in [9.17, 15) is 8.78 Å².